The van der Waals surface area contributed by atoms with Crippen LogP contribution < -0.4 is 0 Å². The Labute approximate surface area is 300 Å². The molecule has 8 heteroatoms. The lowest BCUT2D eigenvalue weighted by molar-refractivity contribution is 1.22. The van der Waals surface area contributed by atoms with E-state index >= 15 is 0 Å². The molecule has 0 unspecified atom stereocenters. The standard InChI is InChI=1S/C44H28N8/c1-5-35(49-37(7-1)31-19-25-45-26-20-31)29-11-15-33(16-12-29)41-43-39(9-3-23-47-43)52-42(44-40(51-41)10-4-24-48-44)34-17-13-30(14-18-34)36-6-2-8-38(50-36)32-21-27-46-28-22-32/h1-28H/b43-41?,44-42?,51-40?,51-41-,52-39?,52-42-. The third-order valence-electron chi connectivity index (χ3n) is 8.84. The third kappa shape index (κ3) is 6.05. The number of rotatable bonds is 6. The van der Waals surface area contributed by atoms with Crippen molar-refractivity contribution in [2.75, 3.05) is 0 Å². The van der Waals surface area contributed by atoms with Crippen LogP contribution in [0, 0.1) is 0 Å². The van der Waals surface area contributed by atoms with Crippen LogP contribution in [-0.2, 0) is 0 Å². The monoisotopic (exact) mass is 668 g/mol. The smallest absolute Gasteiger partial charge is 0.115 e. The highest BCUT2D eigenvalue weighted by Gasteiger charge is 2.22. The Morgan fingerprint density at radius 1 is 0.288 bits per heavy atom. The first kappa shape index (κ1) is 30.7. The van der Waals surface area contributed by atoms with E-state index in [-0.39, 0.29) is 0 Å². The van der Waals surface area contributed by atoms with E-state index in [2.05, 4.69) is 58.5 Å². The second-order valence-electron chi connectivity index (χ2n) is 12.1. The Balaban J connectivity index is 1.07. The van der Waals surface area contributed by atoms with Crippen LogP contribution in [0.25, 0.3) is 45.0 Å². The maximum Gasteiger partial charge on any atom is 0.115 e. The van der Waals surface area contributed by atoms with Crippen LogP contribution in [0.5, 0.6) is 0 Å². The van der Waals surface area contributed by atoms with Gasteiger partial charge >= 0.3 is 0 Å². The van der Waals surface area contributed by atoms with Crippen molar-refractivity contribution >= 4 is 22.8 Å². The van der Waals surface area contributed by atoms with Gasteiger partial charge in [-0.2, -0.15) is 0 Å². The highest BCUT2D eigenvalue weighted by Crippen LogP contribution is 2.33. The molecule has 0 aliphatic carbocycles. The van der Waals surface area contributed by atoms with Crippen LogP contribution in [-0.4, -0.2) is 41.3 Å². The minimum Gasteiger partial charge on any atom is -0.265 e. The molecule has 0 amide bonds. The minimum absolute atomic E-state index is 0.689. The molecule has 1 aliphatic heterocycles. The lowest BCUT2D eigenvalue weighted by Gasteiger charge is -2.17. The number of aliphatic imine (C=N–C) groups is 2. The Morgan fingerprint density at radius 2 is 0.635 bits per heavy atom. The molecule has 0 radical (unpaired) electrons. The van der Waals surface area contributed by atoms with Gasteiger partial charge in [-0.1, -0.05) is 60.7 Å². The maximum absolute atomic E-state index is 5.22. The van der Waals surface area contributed by atoms with E-state index in [0.717, 1.165) is 56.2 Å². The van der Waals surface area contributed by atoms with Crippen molar-refractivity contribution in [1.82, 2.24) is 29.9 Å². The molecular weight excluding hydrogens is 641 g/mol. The molecule has 244 valence electrons. The molecule has 2 aromatic carbocycles. The van der Waals surface area contributed by atoms with E-state index in [1.807, 2.05) is 84.9 Å². The zero-order chi connectivity index (χ0) is 34.7. The summed E-state index contributed by atoms with van der Waals surface area (Å²) < 4.78 is 0. The Hall–Kier alpha value is -7.32. The quantitative estimate of drug-likeness (QED) is 0.175. The molecule has 0 saturated carbocycles. The molecule has 0 bridgehead atoms. The molecule has 0 spiro atoms. The van der Waals surface area contributed by atoms with Gasteiger partial charge in [0.15, 0.2) is 0 Å². The first-order valence-corrected chi connectivity index (χ1v) is 16.8. The normalized spacial score (nSPS) is 14.1. The SMILES string of the molecule is c1cc(-c2ccncc2)nc(-c2ccc(/C3=N/c4cccnc4/C(c4ccc(-c5cccc(-c6ccncc6)n5)cc4)=N\c4cccnc43)cc2)c1. The Morgan fingerprint density at radius 3 is 1.02 bits per heavy atom. The average Bonchev–Trinajstić information content (AvgIpc) is 3.22. The molecule has 0 atom stereocenters. The van der Waals surface area contributed by atoms with Gasteiger partial charge in [-0.15, -0.1) is 0 Å². The van der Waals surface area contributed by atoms with Crippen LogP contribution in [0.15, 0.2) is 181 Å². The molecule has 0 fully saturated rings. The summed E-state index contributed by atoms with van der Waals surface area (Å²) in [5.74, 6) is 0. The van der Waals surface area contributed by atoms with Gasteiger partial charge in [0, 0.05) is 70.6 Å². The average molecular weight is 669 g/mol. The van der Waals surface area contributed by atoms with Crippen LogP contribution >= 0.6 is 0 Å². The van der Waals surface area contributed by atoms with E-state index < -0.39 is 0 Å². The lowest BCUT2D eigenvalue weighted by atomic mass is 9.99. The molecule has 7 heterocycles. The fourth-order valence-electron chi connectivity index (χ4n) is 6.24. The second-order valence-corrected chi connectivity index (χ2v) is 12.1. The van der Waals surface area contributed by atoms with Crippen LogP contribution in [0.3, 0.4) is 0 Å². The zero-order valence-corrected chi connectivity index (χ0v) is 27.7. The largest absolute Gasteiger partial charge is 0.265 e. The molecule has 0 saturated heterocycles. The summed E-state index contributed by atoms with van der Waals surface area (Å²) in [5, 5.41) is 0. The number of aromatic nitrogens is 6. The highest BCUT2D eigenvalue weighted by atomic mass is 14.9. The molecule has 0 N–H and O–H groups in total. The molecule has 1 aliphatic rings. The molecule has 8 aromatic rings. The molecule has 52 heavy (non-hydrogen) atoms. The number of nitrogens with zero attached hydrogens (tertiary/aromatic N) is 8. The first-order chi connectivity index (χ1) is 25.8. The summed E-state index contributed by atoms with van der Waals surface area (Å²) in [6.07, 6.45) is 10.7. The molecular formula is C44H28N8. The minimum atomic E-state index is 0.689. The fourth-order valence-corrected chi connectivity index (χ4v) is 6.24. The number of fused-ring (bicyclic) bond motifs is 2. The summed E-state index contributed by atoms with van der Waals surface area (Å²) in [5.41, 5.74) is 13.6. The Kier molecular flexibility index (Phi) is 7.99. The van der Waals surface area contributed by atoms with E-state index in [0.29, 0.717) is 34.2 Å². The summed E-state index contributed by atoms with van der Waals surface area (Å²) >= 11 is 0. The van der Waals surface area contributed by atoms with Gasteiger partial charge in [-0.25, -0.2) is 20.0 Å². The van der Waals surface area contributed by atoms with Gasteiger partial charge in [-0.3, -0.25) is 19.9 Å². The predicted molar refractivity (Wildman–Crippen MR) is 205 cm³/mol. The number of benzene rings is 2. The second kappa shape index (κ2) is 13.5. The molecule has 6 aromatic heterocycles. The van der Waals surface area contributed by atoms with Crippen molar-refractivity contribution < 1.29 is 0 Å². The van der Waals surface area contributed by atoms with Crippen LogP contribution in [0.4, 0.5) is 11.4 Å². The first-order valence-electron chi connectivity index (χ1n) is 16.8. The topological polar surface area (TPSA) is 102 Å². The van der Waals surface area contributed by atoms with E-state index in [1.165, 1.54) is 0 Å². The van der Waals surface area contributed by atoms with Gasteiger partial charge in [0.05, 0.1) is 45.6 Å². The third-order valence-corrected chi connectivity index (χ3v) is 8.84. The van der Waals surface area contributed by atoms with Crippen molar-refractivity contribution in [2.45, 2.75) is 0 Å². The van der Waals surface area contributed by atoms with Crippen LogP contribution in [0.1, 0.15) is 22.5 Å². The van der Waals surface area contributed by atoms with Gasteiger partial charge in [0.25, 0.3) is 0 Å². The highest BCUT2D eigenvalue weighted by molar-refractivity contribution is 6.21. The number of pyridine rings is 6. The van der Waals surface area contributed by atoms with Crippen molar-refractivity contribution in [3.8, 4) is 45.0 Å². The molecule has 8 nitrogen and oxygen atoms in total. The van der Waals surface area contributed by atoms with E-state index in [9.17, 15) is 0 Å². The fraction of sp³-hybridized carbons (Fsp3) is 0. The van der Waals surface area contributed by atoms with Crippen molar-refractivity contribution in [3.63, 3.8) is 0 Å². The van der Waals surface area contributed by atoms with Gasteiger partial charge in [0.1, 0.15) is 11.4 Å². The number of hydrogen-bond acceptors (Lipinski definition) is 8. The molecule has 9 rings (SSSR count). The summed E-state index contributed by atoms with van der Waals surface area (Å²) in [7, 11) is 0. The van der Waals surface area contributed by atoms with Crippen molar-refractivity contribution in [3.05, 3.63) is 193 Å². The lowest BCUT2D eigenvalue weighted by Crippen LogP contribution is -2.12. The van der Waals surface area contributed by atoms with E-state index in [1.54, 1.807) is 37.2 Å². The van der Waals surface area contributed by atoms with Gasteiger partial charge in [-0.05, 0) is 72.8 Å². The predicted octanol–water partition coefficient (Wildman–Crippen LogP) is 9.38. The summed E-state index contributed by atoms with van der Waals surface area (Å²) in [6, 6.07) is 44.2. The Bertz CT molecular complexity index is 2420. The summed E-state index contributed by atoms with van der Waals surface area (Å²) in [6.45, 7) is 0. The van der Waals surface area contributed by atoms with Gasteiger partial charge < -0.3 is 0 Å². The van der Waals surface area contributed by atoms with Crippen molar-refractivity contribution in [1.29, 1.82) is 0 Å². The van der Waals surface area contributed by atoms with Crippen molar-refractivity contribution in [2.24, 2.45) is 9.98 Å². The van der Waals surface area contributed by atoms with Crippen LogP contribution in [0.2, 0.25) is 0 Å². The van der Waals surface area contributed by atoms with Gasteiger partial charge in [0.2, 0.25) is 0 Å². The maximum atomic E-state index is 5.22. The summed E-state index contributed by atoms with van der Waals surface area (Å²) in [4.78, 5) is 38.2. The zero-order valence-electron chi connectivity index (χ0n) is 27.7. The number of hydrogen-bond donors (Lipinski definition) is 0. The van der Waals surface area contributed by atoms with E-state index in [4.69, 9.17) is 29.9 Å².